The number of piperidine rings is 2. The molecule has 5 aromatic rings. The highest BCUT2D eigenvalue weighted by atomic mass is 35.5. The largest absolute Gasteiger partial charge is 0.490 e. The topological polar surface area (TPSA) is 166 Å². The Labute approximate surface area is 390 Å². The number of nitriles is 1. The Bertz CT molecular complexity index is 2600. The molecule has 0 unspecified atom stereocenters. The molecule has 4 aliphatic heterocycles. The summed E-state index contributed by atoms with van der Waals surface area (Å²) >= 11 is 6.18. The summed E-state index contributed by atoms with van der Waals surface area (Å²) in [6.45, 7) is 8.87. The number of benzene rings is 1. The number of pyridine rings is 1. The molecule has 17 heteroatoms. The van der Waals surface area contributed by atoms with E-state index in [1.807, 2.05) is 41.3 Å². The van der Waals surface area contributed by atoms with E-state index >= 15 is 0 Å². The van der Waals surface area contributed by atoms with Crippen LogP contribution in [-0.4, -0.2) is 114 Å². The number of rotatable bonds is 10. The van der Waals surface area contributed by atoms with E-state index in [4.69, 9.17) is 31.7 Å². The SMILES string of the molecule is CC(=O)N1CCc2c(c(N3CCCc4cc(-c5cnn(C)c5)ncc43)nn2C2CCN(CC3CCN(c4ccc(C(=O)NC5CCC(Oc6ccc(C#N)c(Cl)c6)CC5)nn4)CC3)CC2)C1. The standard InChI is InChI=1S/C49H58ClN13O3/c1-32(64)61-23-17-45-41(31-61)48(62-18-3-4-34-24-44(52-28-46(34)62)36-27-53-58(2)30-36)57-63(45)38-15-19-59(20-16-38)29-33-13-21-60(22-14-33)47-12-11-43(55-56-47)49(65)54-37-6-9-39(10-7-37)66-40-8-5-35(26-51)42(50)25-40/h5,8,11-12,24-25,27-28,30,33,37-39H,3-4,6-7,9-10,13-23,29,31H2,1-2H3,(H,54,65). The molecule has 8 heterocycles. The van der Waals surface area contributed by atoms with Gasteiger partial charge in [0, 0.05) is 101 Å². The number of ether oxygens (including phenoxy) is 1. The number of carbonyl (C=O) groups excluding carboxylic acids is 2. The number of halogens is 1. The Morgan fingerprint density at radius 1 is 0.924 bits per heavy atom. The lowest BCUT2D eigenvalue weighted by molar-refractivity contribution is -0.129. The predicted octanol–water partition coefficient (Wildman–Crippen LogP) is 6.66. The molecule has 0 bridgehead atoms. The van der Waals surface area contributed by atoms with E-state index in [0.29, 0.717) is 40.5 Å². The number of hydrogen-bond acceptors (Lipinski definition) is 12. The van der Waals surface area contributed by atoms with Crippen molar-refractivity contribution in [3.63, 3.8) is 0 Å². The van der Waals surface area contributed by atoms with Crippen molar-refractivity contribution < 1.29 is 14.3 Å². The highest BCUT2D eigenvalue weighted by molar-refractivity contribution is 6.31. The van der Waals surface area contributed by atoms with E-state index in [1.54, 1.807) is 31.2 Å². The second-order valence-corrected chi connectivity index (χ2v) is 19.2. The molecule has 0 radical (unpaired) electrons. The number of hydrogen-bond donors (Lipinski definition) is 1. The summed E-state index contributed by atoms with van der Waals surface area (Å²) in [6, 6.07) is 13.5. The van der Waals surface area contributed by atoms with Gasteiger partial charge in [-0.05, 0) is 106 Å². The summed E-state index contributed by atoms with van der Waals surface area (Å²) in [5, 5.41) is 31.3. The second-order valence-electron chi connectivity index (χ2n) is 18.8. The molecular formula is C49H58ClN13O3. The number of amides is 2. The minimum Gasteiger partial charge on any atom is -0.490 e. The van der Waals surface area contributed by atoms with E-state index in [9.17, 15) is 9.59 Å². The first-order valence-corrected chi connectivity index (χ1v) is 24.1. The lowest BCUT2D eigenvalue weighted by atomic mass is 9.92. The first kappa shape index (κ1) is 43.8. The third-order valence-corrected chi connectivity index (χ3v) is 14.8. The Hall–Kier alpha value is -6.05. The molecule has 1 saturated carbocycles. The van der Waals surface area contributed by atoms with Gasteiger partial charge in [0.05, 0.1) is 53.1 Å². The summed E-state index contributed by atoms with van der Waals surface area (Å²) < 4.78 is 10.3. The van der Waals surface area contributed by atoms with Crippen LogP contribution in [0.5, 0.6) is 5.75 Å². The van der Waals surface area contributed by atoms with Gasteiger partial charge in [-0.1, -0.05) is 11.6 Å². The molecular weight excluding hydrogens is 854 g/mol. The van der Waals surface area contributed by atoms with Gasteiger partial charge in [-0.3, -0.25) is 23.9 Å². The molecule has 16 nitrogen and oxygen atoms in total. The van der Waals surface area contributed by atoms with Crippen LogP contribution >= 0.6 is 11.6 Å². The van der Waals surface area contributed by atoms with Crippen molar-refractivity contribution in [2.24, 2.45) is 13.0 Å². The molecule has 5 aliphatic rings. The highest BCUT2D eigenvalue weighted by Crippen LogP contribution is 2.40. The van der Waals surface area contributed by atoms with Crippen molar-refractivity contribution in [1.82, 2.24) is 49.9 Å². The van der Waals surface area contributed by atoms with Crippen LogP contribution in [-0.2, 0) is 31.2 Å². The van der Waals surface area contributed by atoms with Gasteiger partial charge in [0.1, 0.15) is 11.8 Å². The van der Waals surface area contributed by atoms with Crippen LogP contribution in [0.25, 0.3) is 11.3 Å². The van der Waals surface area contributed by atoms with Crippen molar-refractivity contribution in [3.05, 3.63) is 88.1 Å². The molecule has 66 heavy (non-hydrogen) atoms. The zero-order chi connectivity index (χ0) is 45.3. The van der Waals surface area contributed by atoms with Gasteiger partial charge in [0.15, 0.2) is 17.3 Å². The number of aryl methyl sites for hydroxylation is 2. The maximum Gasteiger partial charge on any atom is 0.272 e. The molecule has 3 fully saturated rings. The summed E-state index contributed by atoms with van der Waals surface area (Å²) in [4.78, 5) is 39.9. The smallest absolute Gasteiger partial charge is 0.272 e. The lowest BCUT2D eigenvalue weighted by Crippen LogP contribution is -2.42. The fourth-order valence-corrected chi connectivity index (χ4v) is 10.9. The van der Waals surface area contributed by atoms with Crippen LogP contribution in [0, 0.1) is 17.2 Å². The fraction of sp³-hybridized carbons (Fsp3) is 0.510. The first-order valence-electron chi connectivity index (χ1n) is 23.7. The monoisotopic (exact) mass is 911 g/mol. The van der Waals surface area contributed by atoms with Crippen LogP contribution in [0.3, 0.4) is 0 Å². The molecule has 344 valence electrons. The minimum atomic E-state index is -0.200. The average Bonchev–Trinajstić information content (AvgIpc) is 3.96. The summed E-state index contributed by atoms with van der Waals surface area (Å²) in [5.41, 5.74) is 7.57. The third kappa shape index (κ3) is 9.33. The molecule has 4 aromatic heterocycles. The molecule has 0 spiro atoms. The number of aromatic nitrogens is 7. The van der Waals surface area contributed by atoms with Crippen LogP contribution < -0.4 is 19.9 Å². The summed E-state index contributed by atoms with van der Waals surface area (Å²) in [7, 11) is 1.93. The van der Waals surface area contributed by atoms with Gasteiger partial charge in [-0.2, -0.15) is 15.5 Å². The third-order valence-electron chi connectivity index (χ3n) is 14.5. The molecule has 1 aromatic carbocycles. The predicted molar refractivity (Wildman–Crippen MR) is 251 cm³/mol. The van der Waals surface area contributed by atoms with Gasteiger partial charge in [0.2, 0.25) is 5.91 Å². The average molecular weight is 913 g/mol. The molecule has 1 N–H and O–H groups in total. The van der Waals surface area contributed by atoms with Crippen molar-refractivity contribution in [1.29, 1.82) is 5.26 Å². The highest BCUT2D eigenvalue weighted by Gasteiger charge is 2.35. The van der Waals surface area contributed by atoms with Crippen LogP contribution in [0.2, 0.25) is 5.02 Å². The second kappa shape index (κ2) is 19.0. The van der Waals surface area contributed by atoms with E-state index in [-0.39, 0.29) is 24.0 Å². The Balaban J connectivity index is 0.704. The van der Waals surface area contributed by atoms with Crippen LogP contribution in [0.1, 0.15) is 104 Å². The lowest BCUT2D eigenvalue weighted by Gasteiger charge is -2.38. The molecule has 2 amide bonds. The number of likely N-dealkylation sites (tertiary alicyclic amines) is 1. The molecule has 10 rings (SSSR count). The van der Waals surface area contributed by atoms with E-state index in [0.717, 1.165) is 145 Å². The molecule has 2 saturated heterocycles. The maximum absolute atomic E-state index is 13.1. The number of nitrogens with one attached hydrogen (secondary N) is 1. The van der Waals surface area contributed by atoms with E-state index in [1.165, 1.54) is 16.8 Å². The minimum absolute atomic E-state index is 0.0324. The van der Waals surface area contributed by atoms with Crippen molar-refractivity contribution in [3.8, 4) is 23.1 Å². The van der Waals surface area contributed by atoms with Gasteiger partial charge in [0.25, 0.3) is 5.91 Å². The van der Waals surface area contributed by atoms with Crippen molar-refractivity contribution in [2.45, 2.75) is 102 Å². The van der Waals surface area contributed by atoms with Gasteiger partial charge >= 0.3 is 0 Å². The number of carbonyl (C=O) groups is 2. The Morgan fingerprint density at radius 2 is 1.74 bits per heavy atom. The Kier molecular flexibility index (Phi) is 12.6. The number of nitrogens with zero attached hydrogens (tertiary/aromatic N) is 12. The normalized spacial score (nSPS) is 20.7. The maximum atomic E-state index is 13.1. The quantitative estimate of drug-likeness (QED) is 0.159. The van der Waals surface area contributed by atoms with E-state index in [2.05, 4.69) is 52.1 Å². The summed E-state index contributed by atoms with van der Waals surface area (Å²) in [6.07, 6.45) is 16.2. The van der Waals surface area contributed by atoms with Gasteiger partial charge in [-0.25, -0.2) is 0 Å². The van der Waals surface area contributed by atoms with Crippen LogP contribution in [0.15, 0.2) is 55.0 Å². The number of fused-ring (bicyclic) bond motifs is 2. The summed E-state index contributed by atoms with van der Waals surface area (Å²) in [5.74, 6) is 2.98. The number of anilines is 3. The van der Waals surface area contributed by atoms with E-state index < -0.39 is 0 Å². The zero-order valence-corrected chi connectivity index (χ0v) is 38.7. The molecule has 0 atom stereocenters. The van der Waals surface area contributed by atoms with Gasteiger partial charge < -0.3 is 29.7 Å². The molecule has 1 aliphatic carbocycles. The van der Waals surface area contributed by atoms with Gasteiger partial charge in [-0.15, -0.1) is 10.2 Å². The Morgan fingerprint density at radius 3 is 2.45 bits per heavy atom. The zero-order valence-electron chi connectivity index (χ0n) is 37.9. The first-order chi connectivity index (χ1) is 32.1. The van der Waals surface area contributed by atoms with Crippen molar-refractivity contribution >= 4 is 40.7 Å². The van der Waals surface area contributed by atoms with Crippen molar-refractivity contribution in [2.75, 3.05) is 55.6 Å². The van der Waals surface area contributed by atoms with Crippen LogP contribution in [0.4, 0.5) is 17.3 Å². The fourth-order valence-electron chi connectivity index (χ4n) is 10.7.